The smallest absolute Gasteiger partial charge is 0.323 e. The zero-order valence-corrected chi connectivity index (χ0v) is 9.19. The number of halogens is 1. The molecular formula is C7H8BrN3OS. The summed E-state index contributed by atoms with van der Waals surface area (Å²) in [5.74, 6) is 0. The summed E-state index contributed by atoms with van der Waals surface area (Å²) >= 11 is 4.78. The van der Waals surface area contributed by atoms with E-state index in [2.05, 4.69) is 26.2 Å². The molecule has 70 valence electrons. The average Bonchev–Trinajstić information content (AvgIpc) is 2.53. The van der Waals surface area contributed by atoms with E-state index >= 15 is 0 Å². The number of carbonyl (C=O) groups is 1. The summed E-state index contributed by atoms with van der Waals surface area (Å²) < 4.78 is 0.945. The van der Waals surface area contributed by atoms with E-state index in [9.17, 15) is 4.79 Å². The van der Waals surface area contributed by atoms with E-state index < -0.39 is 0 Å². The van der Waals surface area contributed by atoms with Gasteiger partial charge in [-0.2, -0.15) is 0 Å². The number of anilines is 1. The molecule has 1 aliphatic heterocycles. The third-order valence-electron chi connectivity index (χ3n) is 1.78. The number of rotatable bonds is 1. The Morgan fingerprint density at radius 2 is 2.54 bits per heavy atom. The zero-order valence-electron chi connectivity index (χ0n) is 6.79. The fraction of sp³-hybridized carbons (Fsp3) is 0.429. The Morgan fingerprint density at radius 3 is 3.15 bits per heavy atom. The van der Waals surface area contributed by atoms with Crippen LogP contribution in [0.15, 0.2) is 9.98 Å². The minimum Gasteiger partial charge on any atom is -0.338 e. The highest BCUT2D eigenvalue weighted by atomic mass is 79.9. The van der Waals surface area contributed by atoms with E-state index in [0.717, 1.165) is 28.4 Å². The number of hydrogen-bond donors (Lipinski definition) is 1. The first kappa shape index (κ1) is 8.96. The van der Waals surface area contributed by atoms with Crippen LogP contribution in [0.3, 0.4) is 0 Å². The van der Waals surface area contributed by atoms with Gasteiger partial charge in [0.05, 0.1) is 9.98 Å². The fourth-order valence-electron chi connectivity index (χ4n) is 1.18. The van der Waals surface area contributed by atoms with E-state index in [-0.39, 0.29) is 6.03 Å². The number of nitrogens with zero attached hydrogens (tertiary/aromatic N) is 2. The first-order valence-electron chi connectivity index (χ1n) is 3.94. The number of hydrogen-bond acceptors (Lipinski definition) is 3. The van der Waals surface area contributed by atoms with E-state index in [0.29, 0.717) is 0 Å². The molecule has 0 spiro atoms. The highest BCUT2D eigenvalue weighted by molar-refractivity contribution is 9.11. The molecule has 1 aliphatic rings. The van der Waals surface area contributed by atoms with Crippen molar-refractivity contribution in [1.82, 2.24) is 10.3 Å². The lowest BCUT2D eigenvalue weighted by Gasteiger charge is -2.24. The number of thiazole rings is 1. The predicted octanol–water partition coefficient (Wildman–Crippen LogP) is 1.83. The highest BCUT2D eigenvalue weighted by Gasteiger charge is 2.21. The average molecular weight is 262 g/mol. The van der Waals surface area contributed by atoms with Gasteiger partial charge in [0.2, 0.25) is 0 Å². The van der Waals surface area contributed by atoms with E-state index in [1.165, 1.54) is 11.3 Å². The second-order valence-corrected chi connectivity index (χ2v) is 5.07. The van der Waals surface area contributed by atoms with Crippen LogP contribution in [-0.4, -0.2) is 24.1 Å². The van der Waals surface area contributed by atoms with Crippen molar-refractivity contribution < 1.29 is 4.79 Å². The monoisotopic (exact) mass is 261 g/mol. The van der Waals surface area contributed by atoms with Crippen LogP contribution in [0.1, 0.15) is 6.42 Å². The Morgan fingerprint density at radius 1 is 1.69 bits per heavy atom. The fourth-order valence-corrected chi connectivity index (χ4v) is 2.39. The van der Waals surface area contributed by atoms with Gasteiger partial charge in [-0.3, -0.25) is 4.90 Å². The van der Waals surface area contributed by atoms with Gasteiger partial charge in [0.1, 0.15) is 0 Å². The molecule has 4 nitrogen and oxygen atoms in total. The quantitative estimate of drug-likeness (QED) is 0.839. The van der Waals surface area contributed by atoms with E-state index in [1.807, 2.05) is 0 Å². The summed E-state index contributed by atoms with van der Waals surface area (Å²) in [7, 11) is 0. The molecule has 1 aromatic rings. The molecule has 1 saturated heterocycles. The van der Waals surface area contributed by atoms with Crippen LogP contribution in [-0.2, 0) is 0 Å². The van der Waals surface area contributed by atoms with Crippen LogP contribution >= 0.6 is 27.3 Å². The van der Waals surface area contributed by atoms with Gasteiger partial charge in [0.15, 0.2) is 5.13 Å². The van der Waals surface area contributed by atoms with E-state index in [4.69, 9.17) is 0 Å². The molecule has 0 radical (unpaired) electrons. The molecule has 13 heavy (non-hydrogen) atoms. The molecule has 0 aromatic carbocycles. The molecule has 0 saturated carbocycles. The van der Waals surface area contributed by atoms with Crippen molar-refractivity contribution >= 4 is 38.4 Å². The molecular weight excluding hydrogens is 254 g/mol. The van der Waals surface area contributed by atoms with Gasteiger partial charge >= 0.3 is 6.03 Å². The maximum absolute atomic E-state index is 11.4. The highest BCUT2D eigenvalue weighted by Crippen LogP contribution is 2.27. The Kier molecular flexibility index (Phi) is 2.50. The molecule has 0 atom stereocenters. The van der Waals surface area contributed by atoms with Crippen molar-refractivity contribution in [2.24, 2.45) is 0 Å². The number of nitrogens with one attached hydrogen (secondary N) is 1. The van der Waals surface area contributed by atoms with Gasteiger partial charge in [-0.25, -0.2) is 9.78 Å². The first-order chi connectivity index (χ1) is 6.27. The normalized spacial score (nSPS) is 17.3. The maximum atomic E-state index is 11.4. The summed E-state index contributed by atoms with van der Waals surface area (Å²) in [5, 5.41) is 3.53. The minimum absolute atomic E-state index is 0.0481. The third kappa shape index (κ3) is 1.83. The van der Waals surface area contributed by atoms with Crippen molar-refractivity contribution in [1.29, 1.82) is 0 Å². The van der Waals surface area contributed by atoms with E-state index in [1.54, 1.807) is 11.1 Å². The van der Waals surface area contributed by atoms with Crippen LogP contribution in [0, 0.1) is 0 Å². The maximum Gasteiger partial charge on any atom is 0.323 e. The lowest BCUT2D eigenvalue weighted by Crippen LogP contribution is -2.46. The van der Waals surface area contributed by atoms with Crippen LogP contribution in [0.4, 0.5) is 9.93 Å². The predicted molar refractivity (Wildman–Crippen MR) is 55.2 cm³/mol. The molecule has 2 heterocycles. The lowest BCUT2D eigenvalue weighted by atomic mass is 10.3. The largest absolute Gasteiger partial charge is 0.338 e. The molecule has 2 rings (SSSR count). The summed E-state index contributed by atoms with van der Waals surface area (Å²) in [4.78, 5) is 17.2. The Bertz CT molecular complexity index is 327. The molecule has 1 N–H and O–H groups in total. The number of amides is 2. The molecule has 0 bridgehead atoms. The second-order valence-electron chi connectivity index (χ2n) is 2.68. The summed E-state index contributed by atoms with van der Waals surface area (Å²) in [6.07, 6.45) is 2.69. The SMILES string of the molecule is O=C1NCCCN1c1ncc(Br)s1. The summed E-state index contributed by atoms with van der Waals surface area (Å²) in [6, 6.07) is -0.0481. The Hall–Kier alpha value is -0.620. The number of carbonyl (C=O) groups excluding carboxylic acids is 1. The van der Waals surface area contributed by atoms with Crippen molar-refractivity contribution in [2.45, 2.75) is 6.42 Å². The van der Waals surface area contributed by atoms with Crippen molar-refractivity contribution in [2.75, 3.05) is 18.0 Å². The molecule has 1 aromatic heterocycles. The third-order valence-corrected chi connectivity index (χ3v) is 3.28. The zero-order chi connectivity index (χ0) is 9.26. The summed E-state index contributed by atoms with van der Waals surface area (Å²) in [5.41, 5.74) is 0. The van der Waals surface area contributed by atoms with Gasteiger partial charge in [0.25, 0.3) is 0 Å². The summed E-state index contributed by atoms with van der Waals surface area (Å²) in [6.45, 7) is 1.52. The van der Waals surface area contributed by atoms with Crippen LogP contribution in [0.5, 0.6) is 0 Å². The first-order valence-corrected chi connectivity index (χ1v) is 5.55. The lowest BCUT2D eigenvalue weighted by molar-refractivity contribution is 0.243. The number of aromatic nitrogens is 1. The Balaban J connectivity index is 2.19. The minimum atomic E-state index is -0.0481. The van der Waals surface area contributed by atoms with Gasteiger partial charge in [-0.1, -0.05) is 11.3 Å². The molecule has 0 aliphatic carbocycles. The van der Waals surface area contributed by atoms with Crippen LogP contribution in [0.2, 0.25) is 0 Å². The topological polar surface area (TPSA) is 45.2 Å². The molecule has 0 unspecified atom stereocenters. The van der Waals surface area contributed by atoms with Gasteiger partial charge in [-0.05, 0) is 22.4 Å². The van der Waals surface area contributed by atoms with Crippen LogP contribution in [0.25, 0.3) is 0 Å². The molecule has 1 fully saturated rings. The second kappa shape index (κ2) is 3.63. The molecule has 6 heteroatoms. The van der Waals surface area contributed by atoms with Crippen molar-refractivity contribution in [3.8, 4) is 0 Å². The number of urea groups is 1. The Labute approximate surface area is 88.1 Å². The molecule has 2 amide bonds. The van der Waals surface area contributed by atoms with Crippen molar-refractivity contribution in [3.63, 3.8) is 0 Å². The van der Waals surface area contributed by atoms with Gasteiger partial charge in [0, 0.05) is 13.1 Å². The van der Waals surface area contributed by atoms with Crippen LogP contribution < -0.4 is 10.2 Å². The van der Waals surface area contributed by atoms with Crippen molar-refractivity contribution in [3.05, 3.63) is 9.98 Å². The van der Waals surface area contributed by atoms with Gasteiger partial charge < -0.3 is 5.32 Å². The standard InChI is InChI=1S/C7H8BrN3OS/c8-5-4-10-7(13-5)11-3-1-2-9-6(11)12/h4H,1-3H2,(H,9,12). The van der Waals surface area contributed by atoms with Gasteiger partial charge in [-0.15, -0.1) is 0 Å².